The average molecular weight is 168 g/mol. The van der Waals surface area contributed by atoms with Crippen LogP contribution in [0.5, 0.6) is 0 Å². The topological polar surface area (TPSA) is 26.3 Å². The first kappa shape index (κ1) is 7.00. The van der Waals surface area contributed by atoms with E-state index in [1.54, 1.807) is 0 Å². The van der Waals surface area contributed by atoms with Crippen molar-refractivity contribution >= 4 is 11.1 Å². The molecule has 3 heteroatoms. The molecule has 11 heavy (non-hydrogen) atoms. The van der Waals surface area contributed by atoms with Gasteiger partial charge in [0.2, 0.25) is 0 Å². The fourth-order valence-corrected chi connectivity index (χ4v) is 2.10. The summed E-state index contributed by atoms with van der Waals surface area (Å²) in [5.74, 6) is 0. The summed E-state index contributed by atoms with van der Waals surface area (Å²) < 4.78 is 16.2. The molecule has 0 saturated carbocycles. The second kappa shape index (κ2) is 2.75. The van der Waals surface area contributed by atoms with Gasteiger partial charge in [0.05, 0.1) is 11.5 Å². The molecule has 0 radical (unpaired) electrons. The largest absolute Gasteiger partial charge is 0.286 e. The first-order chi connectivity index (χ1) is 5.38. The Labute approximate surface area is 67.9 Å². The molecule has 2 nitrogen and oxygen atoms in total. The molecule has 1 aromatic carbocycles. The summed E-state index contributed by atoms with van der Waals surface area (Å²) in [6.45, 7) is 0.573. The number of rotatable bonds is 0. The van der Waals surface area contributed by atoms with Gasteiger partial charge in [0, 0.05) is 0 Å². The Morgan fingerprint density at radius 2 is 2.18 bits per heavy atom. The van der Waals surface area contributed by atoms with Crippen LogP contribution in [0.15, 0.2) is 29.2 Å². The lowest BCUT2D eigenvalue weighted by molar-refractivity contribution is 0.340. The summed E-state index contributed by atoms with van der Waals surface area (Å²) >= 11 is -1.22. The highest BCUT2D eigenvalue weighted by Crippen LogP contribution is 2.19. The van der Waals surface area contributed by atoms with E-state index in [1.807, 2.05) is 24.3 Å². The number of hydrogen-bond donors (Lipinski definition) is 0. The van der Waals surface area contributed by atoms with Crippen molar-refractivity contribution in [3.05, 3.63) is 29.8 Å². The van der Waals surface area contributed by atoms with Gasteiger partial charge >= 0.3 is 0 Å². The van der Waals surface area contributed by atoms with Crippen LogP contribution in [0.3, 0.4) is 0 Å². The maximum Gasteiger partial charge on any atom is 0.189 e. The Morgan fingerprint density at radius 1 is 1.36 bits per heavy atom. The molecule has 1 aliphatic rings. The van der Waals surface area contributed by atoms with Crippen LogP contribution in [0.2, 0.25) is 0 Å². The van der Waals surface area contributed by atoms with Crippen molar-refractivity contribution in [1.82, 2.24) is 0 Å². The Balaban J connectivity index is 2.52. The molecule has 0 saturated heterocycles. The SMILES string of the molecule is O=S1OCCc2ccccc21. The Morgan fingerprint density at radius 3 is 3.00 bits per heavy atom. The fourth-order valence-electron chi connectivity index (χ4n) is 1.16. The first-order valence-electron chi connectivity index (χ1n) is 3.51. The average Bonchev–Trinajstić information content (AvgIpc) is 2.06. The lowest BCUT2D eigenvalue weighted by Gasteiger charge is -2.13. The van der Waals surface area contributed by atoms with E-state index in [-0.39, 0.29) is 0 Å². The molecule has 0 spiro atoms. The van der Waals surface area contributed by atoms with Gasteiger partial charge in [-0.25, -0.2) is 4.21 Å². The van der Waals surface area contributed by atoms with Crippen LogP contribution in [-0.4, -0.2) is 10.8 Å². The predicted molar refractivity (Wildman–Crippen MR) is 42.5 cm³/mol. The molecule has 0 N–H and O–H groups in total. The minimum absolute atomic E-state index is 0.573. The van der Waals surface area contributed by atoms with Crippen LogP contribution in [-0.2, 0) is 21.7 Å². The highest BCUT2D eigenvalue weighted by molar-refractivity contribution is 7.80. The van der Waals surface area contributed by atoms with Crippen molar-refractivity contribution in [3.63, 3.8) is 0 Å². The summed E-state index contributed by atoms with van der Waals surface area (Å²) in [6, 6.07) is 7.69. The second-order valence-corrected chi connectivity index (χ2v) is 3.56. The Hall–Kier alpha value is -0.670. The van der Waals surface area contributed by atoms with Gasteiger partial charge in [-0.3, -0.25) is 4.18 Å². The minimum atomic E-state index is -1.22. The third kappa shape index (κ3) is 1.21. The van der Waals surface area contributed by atoms with Crippen LogP contribution in [0.25, 0.3) is 0 Å². The van der Waals surface area contributed by atoms with Gasteiger partial charge in [0.1, 0.15) is 0 Å². The maximum atomic E-state index is 11.2. The van der Waals surface area contributed by atoms with E-state index < -0.39 is 11.1 Å². The normalized spacial score (nSPS) is 22.7. The van der Waals surface area contributed by atoms with Gasteiger partial charge in [-0.2, -0.15) is 0 Å². The fraction of sp³-hybridized carbons (Fsp3) is 0.250. The predicted octanol–water partition coefficient (Wildman–Crippen LogP) is 1.28. The molecular formula is C8H8O2S. The highest BCUT2D eigenvalue weighted by atomic mass is 32.2. The van der Waals surface area contributed by atoms with Gasteiger partial charge in [0.25, 0.3) is 0 Å². The summed E-state index contributed by atoms with van der Waals surface area (Å²) in [6.07, 6.45) is 0.877. The van der Waals surface area contributed by atoms with Crippen molar-refractivity contribution in [3.8, 4) is 0 Å². The van der Waals surface area contributed by atoms with E-state index in [0.29, 0.717) is 6.61 Å². The lowest BCUT2D eigenvalue weighted by atomic mass is 10.2. The summed E-state index contributed by atoms with van der Waals surface area (Å²) in [4.78, 5) is 0.832. The van der Waals surface area contributed by atoms with Crippen LogP contribution in [0.4, 0.5) is 0 Å². The van der Waals surface area contributed by atoms with Crippen LogP contribution < -0.4 is 0 Å². The Kier molecular flexibility index (Phi) is 1.75. The van der Waals surface area contributed by atoms with Gasteiger partial charge in [-0.1, -0.05) is 18.2 Å². The van der Waals surface area contributed by atoms with Gasteiger partial charge in [-0.05, 0) is 18.1 Å². The lowest BCUT2D eigenvalue weighted by Crippen LogP contribution is -2.11. The summed E-state index contributed by atoms with van der Waals surface area (Å²) in [5, 5.41) is 0. The van der Waals surface area contributed by atoms with Crippen molar-refractivity contribution in [1.29, 1.82) is 0 Å². The number of hydrogen-bond acceptors (Lipinski definition) is 2. The van der Waals surface area contributed by atoms with Gasteiger partial charge < -0.3 is 0 Å². The van der Waals surface area contributed by atoms with E-state index in [4.69, 9.17) is 4.18 Å². The molecular weight excluding hydrogens is 160 g/mol. The third-order valence-corrected chi connectivity index (χ3v) is 2.85. The molecule has 1 aromatic rings. The van der Waals surface area contributed by atoms with Crippen molar-refractivity contribution in [2.45, 2.75) is 11.3 Å². The van der Waals surface area contributed by atoms with E-state index in [0.717, 1.165) is 16.9 Å². The van der Waals surface area contributed by atoms with E-state index in [9.17, 15) is 4.21 Å². The van der Waals surface area contributed by atoms with E-state index in [1.165, 1.54) is 0 Å². The number of benzene rings is 1. The second-order valence-electron chi connectivity index (χ2n) is 2.41. The van der Waals surface area contributed by atoms with Crippen LogP contribution in [0.1, 0.15) is 5.56 Å². The van der Waals surface area contributed by atoms with Gasteiger partial charge in [-0.15, -0.1) is 0 Å². The summed E-state index contributed by atoms with van der Waals surface area (Å²) in [5.41, 5.74) is 1.15. The van der Waals surface area contributed by atoms with E-state index in [2.05, 4.69) is 0 Å². The number of fused-ring (bicyclic) bond motifs is 1. The Bertz CT molecular complexity index is 296. The van der Waals surface area contributed by atoms with Crippen molar-refractivity contribution < 1.29 is 8.39 Å². The van der Waals surface area contributed by atoms with E-state index >= 15 is 0 Å². The standard InChI is InChI=1S/C8H8O2S/c9-11-8-4-2-1-3-7(8)5-6-10-11/h1-4H,5-6H2. The molecule has 0 amide bonds. The minimum Gasteiger partial charge on any atom is -0.286 e. The molecule has 1 atom stereocenters. The molecule has 1 aliphatic heterocycles. The molecule has 0 aromatic heterocycles. The van der Waals surface area contributed by atoms with Gasteiger partial charge in [0.15, 0.2) is 11.1 Å². The van der Waals surface area contributed by atoms with Crippen molar-refractivity contribution in [2.75, 3.05) is 6.61 Å². The van der Waals surface area contributed by atoms with Crippen molar-refractivity contribution in [2.24, 2.45) is 0 Å². The zero-order chi connectivity index (χ0) is 7.68. The molecule has 0 bridgehead atoms. The molecule has 58 valence electrons. The van der Waals surface area contributed by atoms with Crippen LogP contribution >= 0.6 is 0 Å². The monoisotopic (exact) mass is 168 g/mol. The molecule has 2 rings (SSSR count). The first-order valence-corrected chi connectivity index (χ1v) is 4.58. The summed E-state index contributed by atoms with van der Waals surface area (Å²) in [7, 11) is 0. The zero-order valence-corrected chi connectivity index (χ0v) is 6.76. The molecule has 0 fully saturated rings. The quantitative estimate of drug-likeness (QED) is 0.583. The van der Waals surface area contributed by atoms with Crippen LogP contribution in [0, 0.1) is 0 Å². The highest BCUT2D eigenvalue weighted by Gasteiger charge is 2.14. The zero-order valence-electron chi connectivity index (χ0n) is 5.95. The smallest absolute Gasteiger partial charge is 0.189 e. The molecule has 1 unspecified atom stereocenters. The third-order valence-electron chi connectivity index (χ3n) is 1.71. The maximum absolute atomic E-state index is 11.2. The molecule has 1 heterocycles. The molecule has 0 aliphatic carbocycles.